The van der Waals surface area contributed by atoms with Gasteiger partial charge in [-0.05, 0) is 24.5 Å². The van der Waals surface area contributed by atoms with Gasteiger partial charge in [0.25, 0.3) is 0 Å². The van der Waals surface area contributed by atoms with Crippen molar-refractivity contribution in [3.63, 3.8) is 0 Å². The number of piperazine rings is 1. The van der Waals surface area contributed by atoms with E-state index in [4.69, 9.17) is 9.15 Å². The number of benzene rings is 1. The molecular formula is C23H29N3O4. The first-order valence-corrected chi connectivity index (χ1v) is 10.6. The fourth-order valence-electron chi connectivity index (χ4n) is 4.43. The Hall–Kier alpha value is -2.64. The molecule has 2 amide bonds. The first kappa shape index (κ1) is 20.6. The summed E-state index contributed by atoms with van der Waals surface area (Å²) in [5.74, 6) is -0.195. The largest absolute Gasteiger partial charge is 0.472 e. The second-order valence-electron chi connectivity index (χ2n) is 8.15. The van der Waals surface area contributed by atoms with Crippen molar-refractivity contribution in [3.8, 4) is 0 Å². The second kappa shape index (κ2) is 9.45. The van der Waals surface area contributed by atoms with Gasteiger partial charge >= 0.3 is 0 Å². The van der Waals surface area contributed by atoms with Crippen molar-refractivity contribution in [1.82, 2.24) is 15.5 Å². The van der Waals surface area contributed by atoms with E-state index in [9.17, 15) is 9.59 Å². The zero-order valence-electron chi connectivity index (χ0n) is 17.1. The number of hydrogen-bond acceptors (Lipinski definition) is 5. The van der Waals surface area contributed by atoms with Crippen LogP contribution >= 0.6 is 0 Å². The highest BCUT2D eigenvalue weighted by Crippen LogP contribution is 2.34. The van der Waals surface area contributed by atoms with Crippen LogP contribution in [0.2, 0.25) is 0 Å². The smallest absolute Gasteiger partial charge is 0.237 e. The number of rotatable bonds is 7. The predicted octanol–water partition coefficient (Wildman–Crippen LogP) is 1.83. The third-order valence-corrected chi connectivity index (χ3v) is 6.25. The molecule has 0 aliphatic carbocycles. The standard InChI is InChI=1S/C23H29N3O4/c27-21(14-20-22(28)24-9-10-26(20)15-18-6-11-30-16-18)25-17-23(7-12-29-13-8-23)19-4-2-1-3-5-19/h1-6,11,16,20H,7-10,12-15,17H2,(H,24,28)(H,25,27). The third-order valence-electron chi connectivity index (χ3n) is 6.25. The van der Waals surface area contributed by atoms with Gasteiger partial charge in [0.15, 0.2) is 0 Å². The quantitative estimate of drug-likeness (QED) is 0.726. The van der Waals surface area contributed by atoms with E-state index in [0.717, 1.165) is 18.4 Å². The maximum absolute atomic E-state index is 12.9. The summed E-state index contributed by atoms with van der Waals surface area (Å²) < 4.78 is 10.7. The molecule has 2 aliphatic heterocycles. The summed E-state index contributed by atoms with van der Waals surface area (Å²) >= 11 is 0. The van der Waals surface area contributed by atoms with Gasteiger partial charge in [-0.2, -0.15) is 0 Å². The highest BCUT2D eigenvalue weighted by molar-refractivity contribution is 5.88. The minimum absolute atomic E-state index is 0.0938. The lowest BCUT2D eigenvalue weighted by Gasteiger charge is -2.38. The van der Waals surface area contributed by atoms with E-state index in [1.165, 1.54) is 5.56 Å². The molecule has 30 heavy (non-hydrogen) atoms. The summed E-state index contributed by atoms with van der Waals surface area (Å²) in [5, 5.41) is 6.00. The molecule has 2 aliphatic rings. The number of ether oxygens (including phenoxy) is 1. The fourth-order valence-corrected chi connectivity index (χ4v) is 4.43. The Bertz CT molecular complexity index is 831. The number of hydrogen-bond donors (Lipinski definition) is 2. The van der Waals surface area contributed by atoms with Crippen LogP contribution in [0.3, 0.4) is 0 Å². The molecule has 2 N–H and O–H groups in total. The summed E-state index contributed by atoms with van der Waals surface area (Å²) in [5.41, 5.74) is 2.10. The third kappa shape index (κ3) is 4.74. The van der Waals surface area contributed by atoms with Gasteiger partial charge in [0.1, 0.15) is 0 Å². The van der Waals surface area contributed by atoms with Crippen molar-refractivity contribution in [1.29, 1.82) is 0 Å². The molecule has 2 saturated heterocycles. The van der Waals surface area contributed by atoms with Gasteiger partial charge in [-0.3, -0.25) is 14.5 Å². The predicted molar refractivity (Wildman–Crippen MR) is 112 cm³/mol. The molecule has 2 aromatic rings. The van der Waals surface area contributed by atoms with E-state index in [1.807, 2.05) is 29.2 Å². The monoisotopic (exact) mass is 411 g/mol. The van der Waals surface area contributed by atoms with Crippen LogP contribution in [0.1, 0.15) is 30.4 Å². The van der Waals surface area contributed by atoms with Gasteiger partial charge in [-0.15, -0.1) is 0 Å². The highest BCUT2D eigenvalue weighted by atomic mass is 16.5. The van der Waals surface area contributed by atoms with Crippen LogP contribution in [-0.4, -0.2) is 55.6 Å². The molecular weight excluding hydrogens is 382 g/mol. The average Bonchev–Trinajstić information content (AvgIpc) is 3.29. The topological polar surface area (TPSA) is 83.8 Å². The van der Waals surface area contributed by atoms with Gasteiger partial charge in [0, 0.05) is 50.4 Å². The number of nitrogens with zero attached hydrogens (tertiary/aromatic N) is 1. The Kier molecular flexibility index (Phi) is 6.50. The summed E-state index contributed by atoms with van der Waals surface area (Å²) in [6, 6.07) is 11.7. The van der Waals surface area contributed by atoms with E-state index < -0.39 is 6.04 Å². The van der Waals surface area contributed by atoms with Gasteiger partial charge in [0.05, 0.1) is 25.0 Å². The van der Waals surface area contributed by atoms with E-state index in [0.29, 0.717) is 39.4 Å². The molecule has 0 radical (unpaired) electrons. The zero-order valence-corrected chi connectivity index (χ0v) is 17.1. The van der Waals surface area contributed by atoms with E-state index in [2.05, 4.69) is 22.8 Å². The molecule has 1 unspecified atom stereocenters. The molecule has 3 heterocycles. The molecule has 7 nitrogen and oxygen atoms in total. The molecule has 1 aromatic carbocycles. The van der Waals surface area contributed by atoms with Gasteiger partial charge in [-0.25, -0.2) is 0 Å². The lowest BCUT2D eigenvalue weighted by Crippen LogP contribution is -2.56. The molecule has 1 atom stereocenters. The molecule has 0 bridgehead atoms. The Morgan fingerprint density at radius 3 is 2.73 bits per heavy atom. The Balaban J connectivity index is 1.40. The van der Waals surface area contributed by atoms with Crippen molar-refractivity contribution in [3.05, 3.63) is 60.1 Å². The number of nitrogens with one attached hydrogen (secondary N) is 2. The highest BCUT2D eigenvalue weighted by Gasteiger charge is 2.36. The van der Waals surface area contributed by atoms with Crippen LogP contribution in [0.15, 0.2) is 53.3 Å². The van der Waals surface area contributed by atoms with Crippen LogP contribution in [0.4, 0.5) is 0 Å². The molecule has 0 spiro atoms. The normalized spacial score (nSPS) is 21.7. The van der Waals surface area contributed by atoms with Crippen LogP contribution in [0.5, 0.6) is 0 Å². The SMILES string of the molecule is O=C(CC1C(=O)NCCN1Cc1ccoc1)NCC1(c2ccccc2)CCOCC1. The summed E-state index contributed by atoms with van der Waals surface area (Å²) in [7, 11) is 0. The molecule has 7 heteroatoms. The summed E-state index contributed by atoms with van der Waals surface area (Å²) in [6.45, 7) is 3.82. The van der Waals surface area contributed by atoms with Crippen molar-refractivity contribution in [2.45, 2.75) is 37.3 Å². The van der Waals surface area contributed by atoms with Crippen molar-refractivity contribution < 1.29 is 18.7 Å². The van der Waals surface area contributed by atoms with Crippen molar-refractivity contribution >= 4 is 11.8 Å². The Labute approximate surface area is 176 Å². The second-order valence-corrected chi connectivity index (χ2v) is 8.15. The van der Waals surface area contributed by atoms with Crippen LogP contribution in [0, 0.1) is 0 Å². The van der Waals surface area contributed by atoms with E-state index in [1.54, 1.807) is 12.5 Å². The lowest BCUT2D eigenvalue weighted by molar-refractivity contribution is -0.134. The maximum atomic E-state index is 12.9. The van der Waals surface area contributed by atoms with Crippen LogP contribution in [0.25, 0.3) is 0 Å². The van der Waals surface area contributed by atoms with Gasteiger partial charge < -0.3 is 19.8 Å². The number of furan rings is 1. The van der Waals surface area contributed by atoms with E-state index in [-0.39, 0.29) is 23.7 Å². The molecule has 0 saturated carbocycles. The first-order valence-electron chi connectivity index (χ1n) is 10.6. The Morgan fingerprint density at radius 2 is 2.00 bits per heavy atom. The fraction of sp³-hybridized carbons (Fsp3) is 0.478. The van der Waals surface area contributed by atoms with Crippen LogP contribution < -0.4 is 10.6 Å². The molecule has 4 rings (SSSR count). The zero-order chi connectivity index (χ0) is 20.8. The van der Waals surface area contributed by atoms with E-state index >= 15 is 0 Å². The van der Waals surface area contributed by atoms with Crippen molar-refractivity contribution in [2.24, 2.45) is 0 Å². The number of carbonyl (C=O) groups excluding carboxylic acids is 2. The first-order chi connectivity index (χ1) is 14.7. The number of carbonyl (C=O) groups is 2. The lowest BCUT2D eigenvalue weighted by atomic mass is 9.74. The molecule has 160 valence electrons. The van der Waals surface area contributed by atoms with Crippen molar-refractivity contribution in [2.75, 3.05) is 32.8 Å². The molecule has 2 fully saturated rings. The molecule has 1 aromatic heterocycles. The van der Waals surface area contributed by atoms with Crippen LogP contribution in [-0.2, 0) is 26.3 Å². The summed E-state index contributed by atoms with van der Waals surface area (Å²) in [6.07, 6.45) is 5.18. The minimum Gasteiger partial charge on any atom is -0.472 e. The Morgan fingerprint density at radius 1 is 1.20 bits per heavy atom. The number of amides is 2. The van der Waals surface area contributed by atoms with Gasteiger partial charge in [0.2, 0.25) is 11.8 Å². The average molecular weight is 412 g/mol. The van der Waals surface area contributed by atoms with Gasteiger partial charge in [-0.1, -0.05) is 30.3 Å². The minimum atomic E-state index is -0.476. The maximum Gasteiger partial charge on any atom is 0.237 e. The summed E-state index contributed by atoms with van der Waals surface area (Å²) in [4.78, 5) is 27.4.